The minimum absolute atomic E-state index is 0.108. The molecule has 0 aromatic heterocycles. The van der Waals surface area contributed by atoms with E-state index in [9.17, 15) is 9.90 Å². The van der Waals surface area contributed by atoms with Crippen molar-refractivity contribution in [3.63, 3.8) is 0 Å². The first kappa shape index (κ1) is 16.2. The number of benzene rings is 1. The molecule has 0 spiro atoms. The number of nitrogens with one attached hydrogen (secondary N) is 1. The lowest BCUT2D eigenvalue weighted by molar-refractivity contribution is -0.123. The van der Waals surface area contributed by atoms with Crippen molar-refractivity contribution >= 4 is 17.5 Å². The largest absolute Gasteiger partial charge is 0.508 e. The van der Waals surface area contributed by atoms with Crippen molar-refractivity contribution in [2.24, 2.45) is 0 Å². The highest BCUT2D eigenvalue weighted by atomic mass is 35.5. The molecule has 0 radical (unpaired) electrons. The molecule has 4 heteroatoms. The molecule has 3 nitrogen and oxygen atoms in total. The summed E-state index contributed by atoms with van der Waals surface area (Å²) in [6, 6.07) is 7.30. The molecule has 1 fully saturated rings. The standard InChI is InChI=1S/C17H24ClNO2/c18-12-4-5-16(21)19-17(10-2-1-3-11-17)13-14-6-8-15(20)9-7-14/h6-9,20H,1-5,10-13H2,(H,19,21). The van der Waals surface area contributed by atoms with Gasteiger partial charge in [-0.2, -0.15) is 0 Å². The van der Waals surface area contributed by atoms with Gasteiger partial charge in [-0.3, -0.25) is 4.79 Å². The SMILES string of the molecule is O=C(CCCCl)NC1(Cc2ccc(O)cc2)CCCCC1. The van der Waals surface area contributed by atoms with Crippen LogP contribution in [-0.2, 0) is 11.2 Å². The Bertz CT molecular complexity index is 452. The molecule has 116 valence electrons. The molecule has 1 aromatic rings. The zero-order chi connectivity index (χ0) is 15.1. The first-order valence-corrected chi connectivity index (χ1v) is 8.32. The van der Waals surface area contributed by atoms with Gasteiger partial charge in [0.25, 0.3) is 0 Å². The van der Waals surface area contributed by atoms with Gasteiger partial charge < -0.3 is 10.4 Å². The third-order valence-electron chi connectivity index (χ3n) is 4.23. The Morgan fingerprint density at radius 2 is 1.86 bits per heavy atom. The Morgan fingerprint density at radius 1 is 1.19 bits per heavy atom. The summed E-state index contributed by atoms with van der Waals surface area (Å²) in [4.78, 5) is 12.1. The quantitative estimate of drug-likeness (QED) is 0.786. The Balaban J connectivity index is 2.05. The molecule has 1 saturated carbocycles. The summed E-state index contributed by atoms with van der Waals surface area (Å²) >= 11 is 5.66. The van der Waals surface area contributed by atoms with Gasteiger partial charge >= 0.3 is 0 Å². The van der Waals surface area contributed by atoms with Gasteiger partial charge in [0.2, 0.25) is 5.91 Å². The van der Waals surface area contributed by atoms with Crippen LogP contribution in [0.5, 0.6) is 5.75 Å². The molecule has 1 amide bonds. The number of aromatic hydroxyl groups is 1. The Morgan fingerprint density at radius 3 is 2.48 bits per heavy atom. The summed E-state index contributed by atoms with van der Waals surface area (Å²) in [5.74, 6) is 0.914. The van der Waals surface area contributed by atoms with Crippen molar-refractivity contribution in [3.05, 3.63) is 29.8 Å². The molecule has 0 unspecified atom stereocenters. The van der Waals surface area contributed by atoms with E-state index in [0.717, 1.165) is 44.1 Å². The predicted molar refractivity (Wildman–Crippen MR) is 85.7 cm³/mol. The highest BCUT2D eigenvalue weighted by Crippen LogP contribution is 2.32. The van der Waals surface area contributed by atoms with E-state index in [4.69, 9.17) is 11.6 Å². The Hall–Kier alpha value is -1.22. The van der Waals surface area contributed by atoms with Crippen molar-refractivity contribution < 1.29 is 9.90 Å². The second-order valence-corrected chi connectivity index (χ2v) is 6.40. The van der Waals surface area contributed by atoms with Gasteiger partial charge in [-0.05, 0) is 43.4 Å². The van der Waals surface area contributed by atoms with E-state index >= 15 is 0 Å². The number of hydrogen-bond donors (Lipinski definition) is 2. The summed E-state index contributed by atoms with van der Waals surface area (Å²) in [5, 5.41) is 12.7. The number of carbonyl (C=O) groups excluding carboxylic acids is 1. The van der Waals surface area contributed by atoms with Crippen LogP contribution in [0.4, 0.5) is 0 Å². The van der Waals surface area contributed by atoms with Crippen molar-refractivity contribution in [2.45, 2.75) is 56.9 Å². The second kappa shape index (κ2) is 7.69. The smallest absolute Gasteiger partial charge is 0.220 e. The molecular formula is C17H24ClNO2. The van der Waals surface area contributed by atoms with E-state index in [2.05, 4.69) is 5.32 Å². The number of hydrogen-bond acceptors (Lipinski definition) is 2. The Kier molecular flexibility index (Phi) is 5.92. The summed E-state index contributed by atoms with van der Waals surface area (Å²) in [6.45, 7) is 0. The summed E-state index contributed by atoms with van der Waals surface area (Å²) < 4.78 is 0. The highest BCUT2D eigenvalue weighted by Gasteiger charge is 2.33. The number of alkyl halides is 1. The molecule has 21 heavy (non-hydrogen) atoms. The predicted octanol–water partition coefficient (Wildman–Crippen LogP) is 3.77. The van der Waals surface area contributed by atoms with Crippen LogP contribution in [0.15, 0.2) is 24.3 Å². The lowest BCUT2D eigenvalue weighted by Gasteiger charge is -2.38. The molecule has 0 heterocycles. The van der Waals surface area contributed by atoms with E-state index in [1.54, 1.807) is 12.1 Å². The minimum Gasteiger partial charge on any atom is -0.508 e. The third kappa shape index (κ3) is 4.92. The molecule has 0 aliphatic heterocycles. The number of phenols is 1. The van der Waals surface area contributed by atoms with Crippen LogP contribution in [0, 0.1) is 0 Å². The maximum atomic E-state index is 12.1. The fraction of sp³-hybridized carbons (Fsp3) is 0.588. The van der Waals surface area contributed by atoms with Crippen LogP contribution >= 0.6 is 11.6 Å². The summed E-state index contributed by atoms with van der Waals surface area (Å²) in [5.41, 5.74) is 1.03. The second-order valence-electron chi connectivity index (χ2n) is 6.02. The molecule has 1 aliphatic carbocycles. The van der Waals surface area contributed by atoms with Gasteiger partial charge in [0.05, 0.1) is 0 Å². The lowest BCUT2D eigenvalue weighted by Crippen LogP contribution is -2.51. The maximum absolute atomic E-state index is 12.1. The number of carbonyl (C=O) groups is 1. The van der Waals surface area contributed by atoms with Gasteiger partial charge in [0, 0.05) is 17.8 Å². The molecule has 2 N–H and O–H groups in total. The van der Waals surface area contributed by atoms with Gasteiger partial charge in [-0.15, -0.1) is 11.6 Å². The van der Waals surface area contributed by atoms with Crippen molar-refractivity contribution in [1.82, 2.24) is 5.32 Å². The van der Waals surface area contributed by atoms with Crippen LogP contribution in [-0.4, -0.2) is 22.4 Å². The van der Waals surface area contributed by atoms with Gasteiger partial charge in [-0.25, -0.2) is 0 Å². The Labute approximate surface area is 131 Å². The fourth-order valence-electron chi connectivity index (χ4n) is 3.16. The molecule has 1 aromatic carbocycles. The number of amides is 1. The average molecular weight is 310 g/mol. The number of halogens is 1. The normalized spacial score (nSPS) is 17.4. The first-order valence-electron chi connectivity index (χ1n) is 7.78. The van der Waals surface area contributed by atoms with Crippen LogP contribution in [0.25, 0.3) is 0 Å². The van der Waals surface area contributed by atoms with E-state index in [1.165, 1.54) is 6.42 Å². The molecule has 0 saturated heterocycles. The van der Waals surface area contributed by atoms with Crippen molar-refractivity contribution in [3.8, 4) is 5.75 Å². The van der Waals surface area contributed by atoms with Crippen LogP contribution in [0.1, 0.15) is 50.5 Å². The minimum atomic E-state index is -0.126. The number of phenolic OH excluding ortho intramolecular Hbond substituents is 1. The van der Waals surface area contributed by atoms with E-state index in [0.29, 0.717) is 12.3 Å². The van der Waals surface area contributed by atoms with Gasteiger partial charge in [0.15, 0.2) is 0 Å². The monoisotopic (exact) mass is 309 g/mol. The highest BCUT2D eigenvalue weighted by molar-refractivity contribution is 6.17. The lowest BCUT2D eigenvalue weighted by atomic mass is 9.77. The zero-order valence-electron chi connectivity index (χ0n) is 12.4. The maximum Gasteiger partial charge on any atom is 0.220 e. The van der Waals surface area contributed by atoms with Gasteiger partial charge in [-0.1, -0.05) is 31.4 Å². The summed E-state index contributed by atoms with van der Waals surface area (Å²) in [7, 11) is 0. The summed E-state index contributed by atoms with van der Waals surface area (Å²) in [6.07, 6.45) is 7.68. The molecule has 0 atom stereocenters. The first-order chi connectivity index (χ1) is 10.1. The molecular weight excluding hydrogens is 286 g/mol. The number of rotatable bonds is 6. The van der Waals surface area contributed by atoms with Crippen molar-refractivity contribution in [1.29, 1.82) is 0 Å². The fourth-order valence-corrected chi connectivity index (χ4v) is 3.30. The van der Waals surface area contributed by atoms with E-state index in [1.807, 2.05) is 12.1 Å². The molecule has 0 bridgehead atoms. The molecule has 2 rings (SSSR count). The van der Waals surface area contributed by atoms with E-state index < -0.39 is 0 Å². The van der Waals surface area contributed by atoms with Crippen LogP contribution < -0.4 is 5.32 Å². The van der Waals surface area contributed by atoms with Crippen LogP contribution in [0.3, 0.4) is 0 Å². The average Bonchev–Trinajstić information content (AvgIpc) is 2.48. The van der Waals surface area contributed by atoms with Gasteiger partial charge in [0.1, 0.15) is 5.75 Å². The third-order valence-corrected chi connectivity index (χ3v) is 4.50. The van der Waals surface area contributed by atoms with Crippen molar-refractivity contribution in [2.75, 3.05) is 5.88 Å². The van der Waals surface area contributed by atoms with Crippen LogP contribution in [0.2, 0.25) is 0 Å². The molecule has 1 aliphatic rings. The van der Waals surface area contributed by atoms with E-state index in [-0.39, 0.29) is 17.2 Å². The zero-order valence-corrected chi connectivity index (χ0v) is 13.2. The topological polar surface area (TPSA) is 49.3 Å².